The molecule has 2 aliphatic carbocycles. The molecular formula is C41H48O4. The third kappa shape index (κ3) is 6.53. The lowest BCUT2D eigenvalue weighted by molar-refractivity contribution is -0.147. The summed E-state index contributed by atoms with van der Waals surface area (Å²) in [4.78, 5) is 0. The van der Waals surface area contributed by atoms with E-state index < -0.39 is 12.6 Å². The van der Waals surface area contributed by atoms with Gasteiger partial charge in [0, 0.05) is 37.6 Å². The Morgan fingerprint density at radius 1 is 0.467 bits per heavy atom. The fraction of sp³-hybridized carbons (Fsp3) is 0.415. The lowest BCUT2D eigenvalue weighted by Crippen LogP contribution is -2.17. The Bertz CT molecular complexity index is 1470. The van der Waals surface area contributed by atoms with Gasteiger partial charge in [-0.15, -0.1) is 0 Å². The lowest BCUT2D eigenvalue weighted by Gasteiger charge is -2.27. The molecule has 0 unspecified atom stereocenters. The van der Waals surface area contributed by atoms with E-state index in [2.05, 4.69) is 100 Å². The first kappa shape index (κ1) is 31.7. The SMILES string of the molecule is CCCOC(OCCC)c1ccc2c(c1Cc1c(C(OCCC)OCCC)ccc3c1Cc1ccccc1-3)Cc1ccccc1-2. The Balaban J connectivity index is 1.53. The van der Waals surface area contributed by atoms with Gasteiger partial charge in [0.15, 0.2) is 12.6 Å². The number of hydrogen-bond donors (Lipinski definition) is 0. The highest BCUT2D eigenvalue weighted by molar-refractivity contribution is 5.81. The van der Waals surface area contributed by atoms with E-state index >= 15 is 0 Å². The van der Waals surface area contributed by atoms with Gasteiger partial charge < -0.3 is 18.9 Å². The molecule has 0 amide bonds. The molecule has 0 N–H and O–H groups in total. The minimum atomic E-state index is -0.408. The largest absolute Gasteiger partial charge is 0.348 e. The summed E-state index contributed by atoms with van der Waals surface area (Å²) in [6.07, 6.45) is 5.54. The van der Waals surface area contributed by atoms with Crippen molar-refractivity contribution >= 4 is 0 Å². The molecular weight excluding hydrogens is 556 g/mol. The third-order valence-electron chi connectivity index (χ3n) is 9.04. The monoisotopic (exact) mass is 604 g/mol. The van der Waals surface area contributed by atoms with Gasteiger partial charge in [-0.05, 0) is 101 Å². The molecule has 0 atom stereocenters. The number of ether oxygens (including phenoxy) is 4. The molecule has 0 spiro atoms. The maximum atomic E-state index is 6.45. The summed E-state index contributed by atoms with van der Waals surface area (Å²) < 4.78 is 25.8. The molecule has 0 aromatic heterocycles. The first-order valence-corrected chi connectivity index (χ1v) is 17.1. The highest BCUT2D eigenvalue weighted by Gasteiger charge is 2.31. The molecule has 0 bridgehead atoms. The van der Waals surface area contributed by atoms with Crippen molar-refractivity contribution in [3.05, 3.63) is 117 Å². The van der Waals surface area contributed by atoms with Gasteiger partial charge in [0.05, 0.1) is 0 Å². The number of rotatable bonds is 16. The van der Waals surface area contributed by atoms with Crippen LogP contribution < -0.4 is 0 Å². The molecule has 0 fully saturated rings. The summed E-state index contributed by atoms with van der Waals surface area (Å²) in [5.74, 6) is 0. The predicted octanol–water partition coefficient (Wildman–Crippen LogP) is 10.1. The fourth-order valence-corrected chi connectivity index (χ4v) is 6.98. The first-order valence-electron chi connectivity index (χ1n) is 17.1. The van der Waals surface area contributed by atoms with Crippen LogP contribution in [0.15, 0.2) is 72.8 Å². The molecule has 236 valence electrons. The molecule has 45 heavy (non-hydrogen) atoms. The second kappa shape index (κ2) is 14.9. The molecule has 4 nitrogen and oxygen atoms in total. The summed E-state index contributed by atoms with van der Waals surface area (Å²) in [5, 5.41) is 0. The van der Waals surface area contributed by atoms with Crippen molar-refractivity contribution in [2.45, 2.75) is 85.2 Å². The molecule has 4 heteroatoms. The zero-order chi connectivity index (χ0) is 31.2. The minimum Gasteiger partial charge on any atom is -0.348 e. The number of fused-ring (bicyclic) bond motifs is 6. The van der Waals surface area contributed by atoms with E-state index in [1.54, 1.807) is 0 Å². The van der Waals surface area contributed by atoms with E-state index in [4.69, 9.17) is 18.9 Å². The van der Waals surface area contributed by atoms with Crippen molar-refractivity contribution in [1.29, 1.82) is 0 Å². The van der Waals surface area contributed by atoms with Crippen molar-refractivity contribution in [3.8, 4) is 22.3 Å². The second-order valence-corrected chi connectivity index (χ2v) is 12.3. The van der Waals surface area contributed by atoms with E-state index in [-0.39, 0.29) is 0 Å². The molecule has 4 aromatic rings. The number of hydrogen-bond acceptors (Lipinski definition) is 4. The normalized spacial score (nSPS) is 12.9. The van der Waals surface area contributed by atoms with Crippen LogP contribution in [0.25, 0.3) is 22.3 Å². The maximum absolute atomic E-state index is 6.45. The van der Waals surface area contributed by atoms with Gasteiger partial charge in [-0.3, -0.25) is 0 Å². The van der Waals surface area contributed by atoms with Crippen molar-refractivity contribution < 1.29 is 18.9 Å². The molecule has 0 saturated heterocycles. The lowest BCUT2D eigenvalue weighted by atomic mass is 9.86. The Labute approximate surface area is 269 Å². The number of benzene rings is 4. The van der Waals surface area contributed by atoms with Gasteiger partial charge >= 0.3 is 0 Å². The molecule has 0 radical (unpaired) electrons. The topological polar surface area (TPSA) is 36.9 Å². The average molecular weight is 605 g/mol. The summed E-state index contributed by atoms with van der Waals surface area (Å²) >= 11 is 0. The van der Waals surface area contributed by atoms with E-state index in [1.165, 1.54) is 55.6 Å². The van der Waals surface area contributed by atoms with Crippen LogP contribution in [0.5, 0.6) is 0 Å². The summed E-state index contributed by atoms with van der Waals surface area (Å²) in [7, 11) is 0. The Morgan fingerprint density at radius 2 is 0.844 bits per heavy atom. The Kier molecular flexibility index (Phi) is 10.5. The van der Waals surface area contributed by atoms with Crippen LogP contribution >= 0.6 is 0 Å². The zero-order valence-electron chi connectivity index (χ0n) is 27.5. The van der Waals surface area contributed by atoms with E-state index in [0.29, 0.717) is 26.4 Å². The highest BCUT2D eigenvalue weighted by Crippen LogP contribution is 2.46. The quantitative estimate of drug-likeness (QED) is 0.103. The molecule has 0 heterocycles. The van der Waals surface area contributed by atoms with E-state index in [9.17, 15) is 0 Å². The first-order chi connectivity index (χ1) is 22.2. The maximum Gasteiger partial charge on any atom is 0.184 e. The summed E-state index contributed by atoms with van der Waals surface area (Å²) in [6, 6.07) is 26.8. The van der Waals surface area contributed by atoms with Gasteiger partial charge in [0.1, 0.15) is 0 Å². The van der Waals surface area contributed by atoms with Crippen molar-refractivity contribution in [1.82, 2.24) is 0 Å². The smallest absolute Gasteiger partial charge is 0.184 e. The third-order valence-corrected chi connectivity index (χ3v) is 9.04. The van der Waals surface area contributed by atoms with Crippen LogP contribution in [-0.4, -0.2) is 26.4 Å². The predicted molar refractivity (Wildman–Crippen MR) is 183 cm³/mol. The van der Waals surface area contributed by atoms with Gasteiger partial charge in [-0.2, -0.15) is 0 Å². The van der Waals surface area contributed by atoms with Crippen LogP contribution in [-0.2, 0) is 38.2 Å². The van der Waals surface area contributed by atoms with Gasteiger partial charge in [-0.25, -0.2) is 0 Å². The van der Waals surface area contributed by atoms with Crippen molar-refractivity contribution in [3.63, 3.8) is 0 Å². The van der Waals surface area contributed by atoms with Crippen LogP contribution in [0.2, 0.25) is 0 Å². The summed E-state index contributed by atoms with van der Waals surface area (Å²) in [5.41, 5.74) is 15.8. The fourth-order valence-electron chi connectivity index (χ4n) is 6.98. The zero-order valence-corrected chi connectivity index (χ0v) is 27.5. The van der Waals surface area contributed by atoms with Crippen molar-refractivity contribution in [2.24, 2.45) is 0 Å². The van der Waals surface area contributed by atoms with Gasteiger partial charge in [0.25, 0.3) is 0 Å². The summed E-state index contributed by atoms with van der Waals surface area (Å²) in [6.45, 7) is 11.2. The van der Waals surface area contributed by atoms with Crippen LogP contribution in [0.3, 0.4) is 0 Å². The van der Waals surface area contributed by atoms with Gasteiger partial charge in [0.2, 0.25) is 0 Å². The van der Waals surface area contributed by atoms with Crippen LogP contribution in [0.1, 0.15) is 110 Å². The molecule has 2 aliphatic rings. The molecule has 6 rings (SSSR count). The van der Waals surface area contributed by atoms with E-state index in [0.717, 1.165) is 56.1 Å². The Morgan fingerprint density at radius 3 is 1.22 bits per heavy atom. The second-order valence-electron chi connectivity index (χ2n) is 12.3. The molecule has 4 aromatic carbocycles. The molecule has 0 saturated carbocycles. The van der Waals surface area contributed by atoms with E-state index in [1.807, 2.05) is 0 Å². The minimum absolute atomic E-state index is 0.408. The standard InChI is InChI=1S/C41H48O4/c1-5-21-42-40(43-22-6-2)34-19-17-32-30-15-11-9-13-28(30)25-36(32)38(34)27-39-35(41(44-23-7-3)45-24-8-4)20-18-33-31-16-12-10-14-29(31)26-37(33)39/h9-20,40-41H,5-8,21-27H2,1-4H3. The molecule has 0 aliphatic heterocycles. The Hall–Kier alpha value is -3.28. The van der Waals surface area contributed by atoms with Crippen LogP contribution in [0, 0.1) is 0 Å². The highest BCUT2D eigenvalue weighted by atomic mass is 16.7. The van der Waals surface area contributed by atoms with Crippen molar-refractivity contribution in [2.75, 3.05) is 26.4 Å². The van der Waals surface area contributed by atoms with Gasteiger partial charge in [-0.1, -0.05) is 100 Å². The van der Waals surface area contributed by atoms with Crippen LogP contribution in [0.4, 0.5) is 0 Å². The average Bonchev–Trinajstić information content (AvgIpc) is 3.65.